The molecule has 6 nitrogen and oxygen atoms in total. The van der Waals surface area contributed by atoms with Crippen LogP contribution in [0, 0.1) is 0 Å². The van der Waals surface area contributed by atoms with Crippen LogP contribution in [0.3, 0.4) is 0 Å². The Bertz CT molecular complexity index is 892. The molecule has 2 aromatic heterocycles. The molecule has 0 saturated heterocycles. The molecule has 0 fully saturated rings. The first-order chi connectivity index (χ1) is 11.8. The number of hydrogen-bond donors (Lipinski definition) is 2. The fourth-order valence-electron chi connectivity index (χ4n) is 3.48. The molecule has 124 valence electrons. The number of aromatic nitrogens is 4. The van der Waals surface area contributed by atoms with Crippen molar-refractivity contribution in [3.05, 3.63) is 46.9 Å². The van der Waals surface area contributed by atoms with Crippen LogP contribution in [0.2, 0.25) is 0 Å². The van der Waals surface area contributed by atoms with Gasteiger partial charge in [-0.05, 0) is 38.7 Å². The van der Waals surface area contributed by atoms with Crippen LogP contribution in [0.1, 0.15) is 47.2 Å². The van der Waals surface area contributed by atoms with E-state index in [1.54, 1.807) is 0 Å². The van der Waals surface area contributed by atoms with Gasteiger partial charge in [0.1, 0.15) is 0 Å². The zero-order valence-corrected chi connectivity index (χ0v) is 13.8. The van der Waals surface area contributed by atoms with E-state index in [-0.39, 0.29) is 5.91 Å². The molecular formula is C18H21N5O. The van der Waals surface area contributed by atoms with Crippen LogP contribution in [0.15, 0.2) is 24.3 Å². The van der Waals surface area contributed by atoms with Crippen molar-refractivity contribution in [2.24, 2.45) is 0 Å². The number of fused-ring (bicyclic) bond motifs is 2. The van der Waals surface area contributed by atoms with Gasteiger partial charge in [-0.15, -0.1) is 0 Å². The van der Waals surface area contributed by atoms with Crippen molar-refractivity contribution in [3.63, 3.8) is 0 Å². The molecule has 0 atom stereocenters. The zero-order chi connectivity index (χ0) is 16.5. The normalized spacial score (nSPS) is 13.9. The predicted octanol–water partition coefficient (Wildman–Crippen LogP) is 2.59. The molecule has 4 rings (SSSR count). The Kier molecular flexibility index (Phi) is 3.80. The number of aromatic amines is 1. The molecule has 0 radical (unpaired) electrons. The lowest BCUT2D eigenvalue weighted by molar-refractivity contribution is 0.0944. The van der Waals surface area contributed by atoms with Crippen molar-refractivity contribution in [2.75, 3.05) is 0 Å². The van der Waals surface area contributed by atoms with Gasteiger partial charge in [0.25, 0.3) is 5.91 Å². The Hall–Kier alpha value is -2.63. The number of carbonyl (C=O) groups excluding carboxylic acids is 1. The van der Waals surface area contributed by atoms with E-state index in [1.807, 2.05) is 22.9 Å². The molecule has 1 aromatic carbocycles. The highest BCUT2D eigenvalue weighted by molar-refractivity contribution is 5.94. The lowest BCUT2D eigenvalue weighted by Crippen LogP contribution is -2.25. The summed E-state index contributed by atoms with van der Waals surface area (Å²) in [5.74, 6) is -0.121. The Morgan fingerprint density at radius 3 is 3.00 bits per heavy atom. The van der Waals surface area contributed by atoms with E-state index < -0.39 is 0 Å². The third kappa shape index (κ3) is 2.48. The molecule has 0 saturated carbocycles. The van der Waals surface area contributed by atoms with Gasteiger partial charge in [-0.3, -0.25) is 14.6 Å². The number of amides is 1. The molecule has 3 aromatic rings. The topological polar surface area (TPSA) is 75.6 Å². The fraction of sp³-hybridized carbons (Fsp3) is 0.389. The number of carbonyl (C=O) groups is 1. The van der Waals surface area contributed by atoms with Gasteiger partial charge in [-0.25, -0.2) is 0 Å². The summed E-state index contributed by atoms with van der Waals surface area (Å²) in [4.78, 5) is 12.5. The van der Waals surface area contributed by atoms with E-state index in [9.17, 15) is 4.79 Å². The van der Waals surface area contributed by atoms with Crippen LogP contribution in [0.4, 0.5) is 0 Å². The smallest absolute Gasteiger partial charge is 0.272 e. The highest BCUT2D eigenvalue weighted by atomic mass is 16.1. The number of nitrogens with zero attached hydrogens (tertiary/aromatic N) is 3. The van der Waals surface area contributed by atoms with Gasteiger partial charge < -0.3 is 5.32 Å². The minimum absolute atomic E-state index is 0.121. The maximum Gasteiger partial charge on any atom is 0.272 e. The van der Waals surface area contributed by atoms with Crippen LogP contribution in [0.5, 0.6) is 0 Å². The number of aryl methyl sites for hydroxylation is 2. The summed E-state index contributed by atoms with van der Waals surface area (Å²) in [5.41, 5.74) is 4.74. The number of nitrogens with one attached hydrogen (secondary N) is 2. The van der Waals surface area contributed by atoms with E-state index in [1.165, 1.54) is 0 Å². The summed E-state index contributed by atoms with van der Waals surface area (Å²) in [7, 11) is 0. The lowest BCUT2D eigenvalue weighted by Gasteiger charge is -2.10. The maximum absolute atomic E-state index is 12.5. The average molecular weight is 323 g/mol. The first-order valence-corrected chi connectivity index (χ1v) is 8.56. The van der Waals surface area contributed by atoms with Crippen molar-refractivity contribution in [1.82, 2.24) is 25.3 Å². The second-order valence-electron chi connectivity index (χ2n) is 6.20. The largest absolute Gasteiger partial charge is 0.345 e. The summed E-state index contributed by atoms with van der Waals surface area (Å²) < 4.78 is 1.97. The average Bonchev–Trinajstić information content (AvgIpc) is 3.21. The molecule has 1 aliphatic carbocycles. The Labute approximate surface area is 140 Å². The molecule has 24 heavy (non-hydrogen) atoms. The van der Waals surface area contributed by atoms with Gasteiger partial charge in [-0.1, -0.05) is 18.2 Å². The first kappa shape index (κ1) is 14.9. The molecule has 2 heterocycles. The maximum atomic E-state index is 12.5. The molecule has 0 unspecified atom stereocenters. The summed E-state index contributed by atoms with van der Waals surface area (Å²) >= 11 is 0. The molecule has 0 aliphatic heterocycles. The summed E-state index contributed by atoms with van der Waals surface area (Å²) in [6, 6.07) is 8.11. The number of rotatable bonds is 4. The first-order valence-electron chi connectivity index (χ1n) is 8.56. The number of benzene rings is 1. The van der Waals surface area contributed by atoms with Crippen molar-refractivity contribution in [1.29, 1.82) is 0 Å². The van der Waals surface area contributed by atoms with Gasteiger partial charge in [-0.2, -0.15) is 10.2 Å². The Morgan fingerprint density at radius 2 is 2.12 bits per heavy atom. The molecule has 6 heteroatoms. The third-order valence-electron chi connectivity index (χ3n) is 4.72. The fourth-order valence-corrected chi connectivity index (χ4v) is 3.48. The molecule has 1 aliphatic rings. The van der Waals surface area contributed by atoms with Crippen LogP contribution in [-0.2, 0) is 25.9 Å². The van der Waals surface area contributed by atoms with E-state index in [0.29, 0.717) is 12.2 Å². The molecule has 2 N–H and O–H groups in total. The van der Waals surface area contributed by atoms with E-state index in [0.717, 1.165) is 60.1 Å². The second kappa shape index (κ2) is 6.11. The van der Waals surface area contributed by atoms with Crippen molar-refractivity contribution < 1.29 is 4.79 Å². The minimum atomic E-state index is -0.121. The number of hydrogen-bond acceptors (Lipinski definition) is 3. The van der Waals surface area contributed by atoms with Crippen molar-refractivity contribution in [2.45, 2.75) is 45.7 Å². The van der Waals surface area contributed by atoms with E-state index >= 15 is 0 Å². The Balaban J connectivity index is 1.55. The van der Waals surface area contributed by atoms with Crippen molar-refractivity contribution >= 4 is 16.8 Å². The van der Waals surface area contributed by atoms with Crippen molar-refractivity contribution in [3.8, 4) is 0 Å². The zero-order valence-electron chi connectivity index (χ0n) is 13.8. The minimum Gasteiger partial charge on any atom is -0.345 e. The van der Waals surface area contributed by atoms with Gasteiger partial charge >= 0.3 is 0 Å². The quantitative estimate of drug-likeness (QED) is 0.775. The van der Waals surface area contributed by atoms with E-state index in [2.05, 4.69) is 33.6 Å². The van der Waals surface area contributed by atoms with Crippen LogP contribution >= 0.6 is 0 Å². The number of para-hydroxylation sites is 1. The van der Waals surface area contributed by atoms with Gasteiger partial charge in [0, 0.05) is 23.2 Å². The van der Waals surface area contributed by atoms with E-state index in [4.69, 9.17) is 0 Å². The number of H-pyrrole nitrogens is 1. The standard InChI is InChI=1S/C18H21N5O/c1-2-23-16-10-6-4-7-12(16)15(22-23)11-19-18(24)17-13-8-3-5-9-14(13)20-21-17/h4,6-7,10H,2-3,5,8-9,11H2,1H3,(H,19,24)(H,20,21). The summed E-state index contributed by atoms with van der Waals surface area (Å²) in [5, 5.41) is 15.9. The molecule has 0 spiro atoms. The van der Waals surface area contributed by atoms with Gasteiger partial charge in [0.05, 0.1) is 17.8 Å². The lowest BCUT2D eigenvalue weighted by atomic mass is 9.96. The van der Waals surface area contributed by atoms with Crippen LogP contribution < -0.4 is 5.32 Å². The monoisotopic (exact) mass is 323 g/mol. The molecule has 0 bridgehead atoms. The van der Waals surface area contributed by atoms with Crippen LogP contribution in [-0.4, -0.2) is 25.9 Å². The van der Waals surface area contributed by atoms with Gasteiger partial charge in [0.2, 0.25) is 0 Å². The highest BCUT2D eigenvalue weighted by Gasteiger charge is 2.22. The van der Waals surface area contributed by atoms with Gasteiger partial charge in [0.15, 0.2) is 5.69 Å². The molecular weight excluding hydrogens is 302 g/mol. The Morgan fingerprint density at radius 1 is 1.29 bits per heavy atom. The summed E-state index contributed by atoms with van der Waals surface area (Å²) in [6.07, 6.45) is 4.21. The highest BCUT2D eigenvalue weighted by Crippen LogP contribution is 2.22. The second-order valence-corrected chi connectivity index (χ2v) is 6.20. The third-order valence-corrected chi connectivity index (χ3v) is 4.72. The van der Waals surface area contributed by atoms with Crippen LogP contribution in [0.25, 0.3) is 10.9 Å². The summed E-state index contributed by atoms with van der Waals surface area (Å²) in [6.45, 7) is 3.28. The SMILES string of the molecule is CCn1nc(CNC(=O)c2n[nH]c3c2CCCC3)c2ccccc21. The molecule has 1 amide bonds. The predicted molar refractivity (Wildman–Crippen MR) is 91.8 cm³/mol.